The SMILES string of the molecule is O=C(NC[C@@H]1CCNC[C@H]1O)c1ccncc1Cl. The highest BCUT2D eigenvalue weighted by Crippen LogP contribution is 2.14. The molecule has 0 aromatic carbocycles. The summed E-state index contributed by atoms with van der Waals surface area (Å²) in [5.41, 5.74) is 0.412. The van der Waals surface area contributed by atoms with Crippen LogP contribution >= 0.6 is 11.6 Å². The zero-order chi connectivity index (χ0) is 13.0. The second-order valence-electron chi connectivity index (χ2n) is 4.39. The Hall–Kier alpha value is -1.17. The molecule has 3 N–H and O–H groups in total. The van der Waals surface area contributed by atoms with Gasteiger partial charge in [-0.15, -0.1) is 0 Å². The molecule has 2 rings (SSSR count). The summed E-state index contributed by atoms with van der Waals surface area (Å²) in [5.74, 6) is -0.135. The van der Waals surface area contributed by atoms with Gasteiger partial charge in [0.25, 0.3) is 5.91 Å². The number of rotatable bonds is 3. The van der Waals surface area contributed by atoms with E-state index < -0.39 is 6.10 Å². The molecule has 1 aliphatic heterocycles. The number of halogens is 1. The summed E-state index contributed by atoms with van der Waals surface area (Å²) < 4.78 is 0. The zero-order valence-corrected chi connectivity index (χ0v) is 10.7. The number of carbonyl (C=O) groups is 1. The molecule has 18 heavy (non-hydrogen) atoms. The van der Waals surface area contributed by atoms with E-state index in [1.165, 1.54) is 12.4 Å². The Bertz CT molecular complexity index is 428. The summed E-state index contributed by atoms with van der Waals surface area (Å²) in [6.07, 6.45) is 3.41. The van der Waals surface area contributed by atoms with Crippen molar-refractivity contribution in [1.82, 2.24) is 15.6 Å². The second kappa shape index (κ2) is 6.13. The van der Waals surface area contributed by atoms with Crippen LogP contribution in [0.3, 0.4) is 0 Å². The first kappa shape index (κ1) is 13.3. The molecule has 1 aromatic heterocycles. The lowest BCUT2D eigenvalue weighted by Gasteiger charge is -2.28. The van der Waals surface area contributed by atoms with Crippen LogP contribution in [0, 0.1) is 5.92 Å². The van der Waals surface area contributed by atoms with Crippen LogP contribution in [0.1, 0.15) is 16.8 Å². The standard InChI is InChI=1S/C12H16ClN3O2/c13-10-6-14-4-2-9(10)12(18)16-5-8-1-3-15-7-11(8)17/h2,4,6,8,11,15,17H,1,3,5,7H2,(H,16,18)/t8-,11+/m0/s1. The van der Waals surface area contributed by atoms with Gasteiger partial charge in [-0.05, 0) is 19.0 Å². The second-order valence-corrected chi connectivity index (χ2v) is 4.79. The first-order valence-corrected chi connectivity index (χ1v) is 6.33. The molecule has 0 aliphatic carbocycles. The van der Waals surface area contributed by atoms with Gasteiger partial charge in [-0.25, -0.2) is 0 Å². The van der Waals surface area contributed by atoms with E-state index in [9.17, 15) is 9.90 Å². The molecule has 1 saturated heterocycles. The third kappa shape index (κ3) is 3.19. The van der Waals surface area contributed by atoms with Gasteiger partial charge >= 0.3 is 0 Å². The van der Waals surface area contributed by atoms with Gasteiger partial charge in [0.15, 0.2) is 0 Å². The minimum absolute atomic E-state index is 0.0933. The average Bonchev–Trinajstić information content (AvgIpc) is 2.38. The quantitative estimate of drug-likeness (QED) is 0.744. The Kier molecular flexibility index (Phi) is 4.52. The van der Waals surface area contributed by atoms with Crippen LogP contribution in [-0.2, 0) is 0 Å². The predicted molar refractivity (Wildman–Crippen MR) is 68.6 cm³/mol. The summed E-state index contributed by atoms with van der Waals surface area (Å²) in [5, 5.41) is 16.0. The molecular weight excluding hydrogens is 254 g/mol. The van der Waals surface area contributed by atoms with Crippen LogP contribution in [0.4, 0.5) is 0 Å². The highest BCUT2D eigenvalue weighted by molar-refractivity contribution is 6.33. The molecule has 6 heteroatoms. The van der Waals surface area contributed by atoms with Crippen molar-refractivity contribution in [3.63, 3.8) is 0 Å². The molecule has 0 bridgehead atoms. The number of amides is 1. The third-order valence-corrected chi connectivity index (χ3v) is 3.43. The number of hydrogen-bond donors (Lipinski definition) is 3. The number of nitrogens with one attached hydrogen (secondary N) is 2. The maximum Gasteiger partial charge on any atom is 0.252 e. The molecule has 1 aliphatic rings. The number of aliphatic hydroxyl groups is 1. The summed E-state index contributed by atoms with van der Waals surface area (Å²) in [4.78, 5) is 15.7. The van der Waals surface area contributed by atoms with Crippen molar-refractivity contribution in [2.75, 3.05) is 19.6 Å². The van der Waals surface area contributed by atoms with Gasteiger partial charge in [-0.1, -0.05) is 11.6 Å². The molecule has 5 nitrogen and oxygen atoms in total. The minimum atomic E-state index is -0.410. The molecule has 2 atom stereocenters. The molecule has 0 unspecified atom stereocenters. The van der Waals surface area contributed by atoms with Crippen LogP contribution in [0.25, 0.3) is 0 Å². The third-order valence-electron chi connectivity index (χ3n) is 3.13. The van der Waals surface area contributed by atoms with Gasteiger partial charge < -0.3 is 15.7 Å². The van der Waals surface area contributed by atoms with Gasteiger partial charge in [-0.3, -0.25) is 9.78 Å². The molecule has 1 amide bonds. The van der Waals surface area contributed by atoms with E-state index in [0.29, 0.717) is 23.7 Å². The van der Waals surface area contributed by atoms with E-state index >= 15 is 0 Å². The normalized spacial score (nSPS) is 23.7. The molecule has 98 valence electrons. The number of aromatic nitrogens is 1. The molecule has 1 aromatic rings. The maximum atomic E-state index is 11.9. The van der Waals surface area contributed by atoms with Crippen molar-refractivity contribution in [2.24, 2.45) is 5.92 Å². The number of pyridine rings is 1. The Labute approximate surface area is 111 Å². The van der Waals surface area contributed by atoms with Crippen molar-refractivity contribution >= 4 is 17.5 Å². The molecule has 1 fully saturated rings. The Morgan fingerprint density at radius 1 is 1.67 bits per heavy atom. The minimum Gasteiger partial charge on any atom is -0.391 e. The fourth-order valence-electron chi connectivity index (χ4n) is 2.01. The highest BCUT2D eigenvalue weighted by atomic mass is 35.5. The maximum absolute atomic E-state index is 11.9. The molecule has 2 heterocycles. The fourth-order valence-corrected chi connectivity index (χ4v) is 2.22. The predicted octanol–water partition coefficient (Wildman–Crippen LogP) is 0.435. The largest absolute Gasteiger partial charge is 0.391 e. The van der Waals surface area contributed by atoms with Crippen LogP contribution in [-0.4, -0.2) is 41.7 Å². The van der Waals surface area contributed by atoms with E-state index in [1.54, 1.807) is 6.07 Å². The van der Waals surface area contributed by atoms with Crippen LogP contribution in [0.15, 0.2) is 18.5 Å². The average molecular weight is 270 g/mol. The number of hydrogen-bond acceptors (Lipinski definition) is 4. The van der Waals surface area contributed by atoms with Gasteiger partial charge in [0, 0.05) is 31.4 Å². The van der Waals surface area contributed by atoms with Crippen molar-refractivity contribution in [2.45, 2.75) is 12.5 Å². The fraction of sp³-hybridized carbons (Fsp3) is 0.500. The number of nitrogens with zero attached hydrogens (tertiary/aromatic N) is 1. The smallest absolute Gasteiger partial charge is 0.252 e. The lowest BCUT2D eigenvalue weighted by molar-refractivity contribution is 0.0753. The number of carbonyl (C=O) groups excluding carboxylic acids is 1. The number of β-amino-alcohol motifs (C(OH)–C–C–N with tert-alkyl or cyclic N) is 1. The Morgan fingerprint density at radius 2 is 2.50 bits per heavy atom. The molecule has 0 radical (unpaired) electrons. The molecule has 0 spiro atoms. The first-order valence-electron chi connectivity index (χ1n) is 5.95. The van der Waals surface area contributed by atoms with Gasteiger partial charge in [0.2, 0.25) is 0 Å². The van der Waals surface area contributed by atoms with E-state index in [-0.39, 0.29) is 11.8 Å². The van der Waals surface area contributed by atoms with Gasteiger partial charge in [-0.2, -0.15) is 0 Å². The van der Waals surface area contributed by atoms with Crippen molar-refractivity contribution in [1.29, 1.82) is 0 Å². The van der Waals surface area contributed by atoms with Crippen LogP contribution in [0.5, 0.6) is 0 Å². The van der Waals surface area contributed by atoms with Crippen LogP contribution in [0.2, 0.25) is 5.02 Å². The summed E-state index contributed by atoms with van der Waals surface area (Å²) in [6.45, 7) is 1.91. The van der Waals surface area contributed by atoms with E-state index in [4.69, 9.17) is 11.6 Å². The van der Waals surface area contributed by atoms with Crippen molar-refractivity contribution in [3.8, 4) is 0 Å². The van der Waals surface area contributed by atoms with Gasteiger partial charge in [0.05, 0.1) is 16.7 Å². The van der Waals surface area contributed by atoms with Crippen molar-refractivity contribution < 1.29 is 9.90 Å². The van der Waals surface area contributed by atoms with E-state index in [0.717, 1.165) is 13.0 Å². The summed E-state index contributed by atoms with van der Waals surface area (Å²) in [6, 6.07) is 1.58. The topological polar surface area (TPSA) is 74.2 Å². The highest BCUT2D eigenvalue weighted by Gasteiger charge is 2.23. The van der Waals surface area contributed by atoms with E-state index in [1.807, 2.05) is 0 Å². The summed E-state index contributed by atoms with van der Waals surface area (Å²) >= 11 is 5.89. The molecular formula is C12H16ClN3O2. The number of aliphatic hydroxyl groups excluding tert-OH is 1. The van der Waals surface area contributed by atoms with Crippen molar-refractivity contribution in [3.05, 3.63) is 29.0 Å². The lowest BCUT2D eigenvalue weighted by atomic mass is 9.95. The monoisotopic (exact) mass is 269 g/mol. The number of piperidine rings is 1. The van der Waals surface area contributed by atoms with E-state index in [2.05, 4.69) is 15.6 Å². The molecule has 0 saturated carbocycles. The van der Waals surface area contributed by atoms with Gasteiger partial charge in [0.1, 0.15) is 0 Å². The zero-order valence-electron chi connectivity index (χ0n) is 9.90. The Morgan fingerprint density at radius 3 is 3.22 bits per heavy atom. The lowest BCUT2D eigenvalue weighted by Crippen LogP contribution is -2.45. The summed E-state index contributed by atoms with van der Waals surface area (Å²) in [7, 11) is 0. The van der Waals surface area contributed by atoms with Crippen LogP contribution < -0.4 is 10.6 Å². The Balaban J connectivity index is 1.90. The first-order chi connectivity index (χ1) is 8.68.